The lowest BCUT2D eigenvalue weighted by Gasteiger charge is -2.29. The maximum absolute atomic E-state index is 13.2. The number of aliphatic carboxylic acids is 1. The number of fused-ring (bicyclic) bond motifs is 2. The standard InChI is InChI=1S/C26H29ClN4O5.C14H10ClN3O2.C12H21NO4/c1-26(2,3)36-25(34)29-17-11-8-15(9-12-17)23(32)31-21-18-6-4-5-7-19(18)35-22(21)24(33)30-20-13-10-16(27)14-28-20;15-8-5-6-11(17-7-8)18-14(19)13-12(16)9-3-1-2-4-10(9)20-13;1-12(2,3)17-11(16)13-9-6-4-8(5-7-9)10(14)15/h4-7,10,13-15,17H,8-9,11-12H2,1-3H3,(H,29,34)(H,31,32)(H,28,30,33);1-7H,16H2,(H,17,18,19);8-9H,4-7H2,1-3H3,(H,13,16)(H,14,15). The Morgan fingerprint density at radius 1 is 0.589 bits per heavy atom. The lowest BCUT2D eigenvalue weighted by Crippen LogP contribution is -2.42. The number of alkyl carbamates (subject to hydrolysis) is 2. The number of benzene rings is 2. The van der Waals surface area contributed by atoms with Crippen molar-refractivity contribution in [1.82, 2.24) is 20.6 Å². The molecule has 2 saturated carbocycles. The van der Waals surface area contributed by atoms with Gasteiger partial charge in [-0.3, -0.25) is 19.2 Å². The van der Waals surface area contributed by atoms with Crippen LogP contribution in [0.3, 0.4) is 0 Å². The fourth-order valence-corrected chi connectivity index (χ4v) is 8.19. The Balaban J connectivity index is 0.000000198. The molecule has 6 aromatic rings. The van der Waals surface area contributed by atoms with Crippen LogP contribution in [-0.2, 0) is 19.1 Å². The molecule has 2 fully saturated rings. The Morgan fingerprint density at radius 3 is 1.45 bits per heavy atom. The van der Waals surface area contributed by atoms with Crippen LogP contribution in [0.5, 0.6) is 0 Å². The summed E-state index contributed by atoms with van der Waals surface area (Å²) in [5, 5.41) is 25.0. The maximum Gasteiger partial charge on any atom is 0.407 e. The zero-order chi connectivity index (χ0) is 53.0. The molecule has 73 heavy (non-hydrogen) atoms. The highest BCUT2D eigenvalue weighted by atomic mass is 35.5. The quantitative estimate of drug-likeness (QED) is 0.0709. The minimum atomic E-state index is -0.735. The number of pyridine rings is 2. The number of carboxylic acid groups (broad SMARTS) is 1. The molecule has 19 nitrogen and oxygen atoms in total. The fourth-order valence-electron chi connectivity index (χ4n) is 7.97. The SMILES string of the molecule is CC(C)(C)OC(=O)NC1CCC(C(=O)Nc2c(C(=O)Nc3ccc(Cl)cn3)oc3ccccc23)CC1.CC(C)(C)OC(=O)NC1CCC(C(=O)O)CC1.Nc1c(C(=O)Nc2ccc(Cl)cn2)oc2ccccc12. The van der Waals surface area contributed by atoms with Gasteiger partial charge in [-0.25, -0.2) is 19.6 Å². The van der Waals surface area contributed by atoms with Crippen LogP contribution in [0.4, 0.5) is 32.6 Å². The molecule has 8 N–H and O–H groups in total. The molecule has 21 heteroatoms. The Labute approximate surface area is 431 Å². The lowest BCUT2D eigenvalue weighted by molar-refractivity contribution is -0.142. The van der Waals surface area contributed by atoms with Gasteiger partial charge < -0.3 is 55.7 Å². The predicted molar refractivity (Wildman–Crippen MR) is 278 cm³/mol. The highest BCUT2D eigenvalue weighted by Crippen LogP contribution is 2.34. The van der Waals surface area contributed by atoms with E-state index in [1.807, 2.05) is 59.7 Å². The van der Waals surface area contributed by atoms with Gasteiger partial charge in [0.25, 0.3) is 11.8 Å². The second-order valence-corrected chi connectivity index (χ2v) is 20.4. The first-order valence-corrected chi connectivity index (χ1v) is 24.4. The smallest absolute Gasteiger partial charge is 0.407 e. The zero-order valence-corrected chi connectivity index (χ0v) is 42.8. The number of furan rings is 2. The van der Waals surface area contributed by atoms with Crippen LogP contribution in [0.2, 0.25) is 10.0 Å². The van der Waals surface area contributed by atoms with Gasteiger partial charge in [-0.15, -0.1) is 0 Å². The third-order valence-corrected chi connectivity index (χ3v) is 11.9. The van der Waals surface area contributed by atoms with Crippen LogP contribution in [0.15, 0.2) is 94.0 Å². The molecule has 0 unspecified atom stereocenters. The molecule has 0 aliphatic heterocycles. The number of anilines is 4. The highest BCUT2D eigenvalue weighted by Gasteiger charge is 2.32. The molecule has 0 atom stereocenters. The summed E-state index contributed by atoms with van der Waals surface area (Å²) in [6.07, 6.45) is 7.14. The van der Waals surface area contributed by atoms with Gasteiger partial charge in [-0.05, 0) is 141 Å². The molecule has 4 aromatic heterocycles. The number of nitrogens with one attached hydrogen (secondary N) is 5. The summed E-state index contributed by atoms with van der Waals surface area (Å²) in [6.45, 7) is 10.9. The van der Waals surface area contributed by atoms with Crippen molar-refractivity contribution in [1.29, 1.82) is 0 Å². The largest absolute Gasteiger partial charge is 0.481 e. The van der Waals surface area contributed by atoms with Crippen molar-refractivity contribution in [3.05, 3.63) is 107 Å². The van der Waals surface area contributed by atoms with Crippen molar-refractivity contribution in [2.45, 2.75) is 116 Å². The molecule has 4 heterocycles. The molecule has 388 valence electrons. The van der Waals surface area contributed by atoms with Crippen molar-refractivity contribution in [2.24, 2.45) is 11.8 Å². The molecule has 0 spiro atoms. The number of nitrogens with two attached hydrogens (primary N) is 1. The number of ether oxygens (including phenoxy) is 2. The number of para-hydroxylation sites is 2. The van der Waals surface area contributed by atoms with Gasteiger partial charge in [0.2, 0.25) is 17.4 Å². The van der Waals surface area contributed by atoms with Crippen molar-refractivity contribution in [2.75, 3.05) is 21.7 Å². The highest BCUT2D eigenvalue weighted by molar-refractivity contribution is 6.30. The monoisotopic (exact) mass is 1040 g/mol. The first-order valence-electron chi connectivity index (χ1n) is 23.7. The van der Waals surface area contributed by atoms with E-state index < -0.39 is 41.2 Å². The molecule has 2 aliphatic rings. The summed E-state index contributed by atoms with van der Waals surface area (Å²) in [5.41, 5.74) is 6.53. The van der Waals surface area contributed by atoms with Gasteiger partial charge in [-0.2, -0.15) is 0 Å². The molecule has 0 bridgehead atoms. The summed E-state index contributed by atoms with van der Waals surface area (Å²) < 4.78 is 21.7. The van der Waals surface area contributed by atoms with Crippen LogP contribution in [-0.4, -0.2) is 74.2 Å². The number of aromatic nitrogens is 2. The topological polar surface area (TPSA) is 279 Å². The van der Waals surface area contributed by atoms with E-state index in [0.29, 0.717) is 106 Å². The summed E-state index contributed by atoms with van der Waals surface area (Å²) in [6, 6.07) is 20.7. The van der Waals surface area contributed by atoms with E-state index in [-0.39, 0.29) is 41.3 Å². The van der Waals surface area contributed by atoms with Crippen LogP contribution >= 0.6 is 23.2 Å². The third kappa shape index (κ3) is 16.3. The Bertz CT molecular complexity index is 2890. The molecule has 5 amide bonds. The number of hydrogen-bond donors (Lipinski definition) is 7. The Hall–Kier alpha value is -7.38. The van der Waals surface area contributed by atoms with Gasteiger partial charge in [-0.1, -0.05) is 47.5 Å². The fraction of sp³-hybridized carbons (Fsp3) is 0.385. The number of halogens is 2. The summed E-state index contributed by atoms with van der Waals surface area (Å²) in [4.78, 5) is 80.7. The van der Waals surface area contributed by atoms with Gasteiger partial charge in [0.05, 0.1) is 21.7 Å². The molecular weight excluding hydrogens is 984 g/mol. The van der Waals surface area contributed by atoms with Gasteiger partial charge >= 0.3 is 18.2 Å². The van der Waals surface area contributed by atoms with E-state index in [2.05, 4.69) is 36.6 Å². The Kier molecular flexibility index (Phi) is 18.3. The summed E-state index contributed by atoms with van der Waals surface area (Å²) in [5.74, 6) is -1.70. The van der Waals surface area contributed by atoms with Crippen molar-refractivity contribution in [3.63, 3.8) is 0 Å². The second-order valence-electron chi connectivity index (χ2n) is 19.5. The van der Waals surface area contributed by atoms with Crippen molar-refractivity contribution in [3.8, 4) is 0 Å². The molecule has 0 radical (unpaired) electrons. The number of carboxylic acids is 1. The van der Waals surface area contributed by atoms with E-state index in [1.54, 1.807) is 54.6 Å². The number of carbonyl (C=O) groups excluding carboxylic acids is 5. The van der Waals surface area contributed by atoms with Crippen LogP contribution in [0.1, 0.15) is 114 Å². The Morgan fingerprint density at radius 2 is 1.01 bits per heavy atom. The van der Waals surface area contributed by atoms with Gasteiger partial charge in [0.15, 0.2) is 0 Å². The van der Waals surface area contributed by atoms with Crippen molar-refractivity contribution >= 4 is 104 Å². The molecule has 2 aliphatic carbocycles. The first kappa shape index (κ1) is 54.9. The van der Waals surface area contributed by atoms with E-state index in [4.69, 9.17) is 52.4 Å². The van der Waals surface area contributed by atoms with Crippen molar-refractivity contribution < 1.29 is 52.2 Å². The number of nitrogen functional groups attached to an aromatic ring is 1. The number of hydrogen-bond acceptors (Lipinski definition) is 13. The number of carbonyl (C=O) groups is 6. The van der Waals surface area contributed by atoms with Crippen LogP contribution in [0, 0.1) is 11.8 Å². The minimum absolute atomic E-state index is 0.0124. The van der Waals surface area contributed by atoms with E-state index in [9.17, 15) is 28.8 Å². The minimum Gasteiger partial charge on any atom is -0.481 e. The van der Waals surface area contributed by atoms with E-state index in [0.717, 1.165) is 0 Å². The lowest BCUT2D eigenvalue weighted by atomic mass is 9.85. The third-order valence-electron chi connectivity index (χ3n) is 11.4. The van der Waals surface area contributed by atoms with Crippen LogP contribution in [0.25, 0.3) is 21.9 Å². The molecular formula is C52H60Cl2N8O11. The molecule has 2 aromatic carbocycles. The zero-order valence-electron chi connectivity index (χ0n) is 41.3. The van der Waals surface area contributed by atoms with Gasteiger partial charge in [0.1, 0.15) is 39.7 Å². The number of nitrogens with zero attached hydrogens (tertiary/aromatic N) is 2. The first-order chi connectivity index (χ1) is 34.5. The molecule has 0 saturated heterocycles. The van der Waals surface area contributed by atoms with E-state index >= 15 is 0 Å². The predicted octanol–water partition coefficient (Wildman–Crippen LogP) is 11.2. The average Bonchev–Trinajstić information content (AvgIpc) is 3.87. The maximum atomic E-state index is 13.2. The van der Waals surface area contributed by atoms with Crippen LogP contribution < -0.4 is 32.3 Å². The molecule has 8 rings (SSSR count). The average molecular weight is 1040 g/mol. The van der Waals surface area contributed by atoms with Gasteiger partial charge in [0, 0.05) is 41.2 Å². The van der Waals surface area contributed by atoms with E-state index in [1.165, 1.54) is 12.4 Å². The summed E-state index contributed by atoms with van der Waals surface area (Å²) in [7, 11) is 0. The normalized spacial score (nSPS) is 17.6. The second kappa shape index (κ2) is 24.4. The number of rotatable bonds is 9. The number of amides is 5. The summed E-state index contributed by atoms with van der Waals surface area (Å²) >= 11 is 11.6.